The van der Waals surface area contributed by atoms with Crippen LogP contribution in [0.1, 0.15) is 22.1 Å². The molecule has 0 bridgehead atoms. The molecule has 2 aliphatic heterocycles. The van der Waals surface area contributed by atoms with Gasteiger partial charge in [-0.2, -0.15) is 4.72 Å². The fourth-order valence-corrected chi connectivity index (χ4v) is 5.54. The van der Waals surface area contributed by atoms with Crippen LogP contribution >= 0.6 is 0 Å². The number of hydrogen-bond acceptors (Lipinski definition) is 5. The Kier molecular flexibility index (Phi) is 5.51. The van der Waals surface area contributed by atoms with E-state index in [9.17, 15) is 17.6 Å². The molecule has 33 heavy (non-hydrogen) atoms. The second-order valence-electron chi connectivity index (χ2n) is 8.05. The number of nitrogens with one attached hydrogen (secondary N) is 2. The van der Waals surface area contributed by atoms with Crippen LogP contribution in [0.2, 0.25) is 0 Å². The van der Waals surface area contributed by atoms with Crippen molar-refractivity contribution in [3.05, 3.63) is 89.7 Å². The molecule has 0 saturated carbocycles. The van der Waals surface area contributed by atoms with E-state index in [0.29, 0.717) is 48.7 Å². The van der Waals surface area contributed by atoms with Crippen molar-refractivity contribution in [1.29, 1.82) is 0 Å². The molecule has 5 rings (SSSR count). The van der Waals surface area contributed by atoms with Gasteiger partial charge in [-0.3, -0.25) is 4.79 Å². The van der Waals surface area contributed by atoms with Crippen molar-refractivity contribution in [3.63, 3.8) is 0 Å². The van der Waals surface area contributed by atoms with Gasteiger partial charge in [0.15, 0.2) is 0 Å². The summed E-state index contributed by atoms with van der Waals surface area (Å²) in [6.07, 6.45) is -0.627. The zero-order valence-corrected chi connectivity index (χ0v) is 18.6. The van der Waals surface area contributed by atoms with Gasteiger partial charge in [-0.1, -0.05) is 36.4 Å². The maximum atomic E-state index is 14.0. The molecule has 7 nitrogen and oxygen atoms in total. The summed E-state index contributed by atoms with van der Waals surface area (Å²) >= 11 is 0. The first-order valence-corrected chi connectivity index (χ1v) is 12.2. The van der Waals surface area contributed by atoms with Gasteiger partial charge in [-0.15, -0.1) is 0 Å². The van der Waals surface area contributed by atoms with Gasteiger partial charge in [0.05, 0.1) is 11.4 Å². The third-order valence-electron chi connectivity index (χ3n) is 6.00. The number of anilines is 2. The van der Waals surface area contributed by atoms with Crippen molar-refractivity contribution in [1.82, 2.24) is 9.62 Å². The molecule has 2 N–H and O–H groups in total. The smallest absolute Gasteiger partial charge is 0.253 e. The average Bonchev–Trinajstić information content (AvgIpc) is 2.84. The number of nitrogens with zero attached hydrogens (tertiary/aromatic N) is 2. The van der Waals surface area contributed by atoms with E-state index in [0.717, 1.165) is 0 Å². The summed E-state index contributed by atoms with van der Waals surface area (Å²) in [5.41, 5.74) is 2.32. The molecule has 1 amide bonds. The van der Waals surface area contributed by atoms with E-state index in [1.165, 1.54) is 6.07 Å². The molecule has 3 aromatic rings. The molecule has 170 valence electrons. The summed E-state index contributed by atoms with van der Waals surface area (Å²) in [5, 5.41) is 3.18. The van der Waals surface area contributed by atoms with E-state index in [2.05, 4.69) is 10.0 Å². The van der Waals surface area contributed by atoms with Crippen LogP contribution in [-0.2, 0) is 10.0 Å². The number of hydrogen-bond donors (Lipinski definition) is 2. The first-order chi connectivity index (χ1) is 15.9. The second-order valence-corrected chi connectivity index (χ2v) is 9.73. The van der Waals surface area contributed by atoms with E-state index in [4.69, 9.17) is 0 Å². The second kappa shape index (κ2) is 8.49. The zero-order valence-electron chi connectivity index (χ0n) is 17.7. The Balaban J connectivity index is 1.26. The summed E-state index contributed by atoms with van der Waals surface area (Å²) in [6, 6.07) is 20.3. The molecule has 2 aliphatic rings. The number of amides is 1. The van der Waals surface area contributed by atoms with Gasteiger partial charge >= 0.3 is 0 Å². The fourth-order valence-electron chi connectivity index (χ4n) is 4.23. The predicted octanol–water partition coefficient (Wildman–Crippen LogP) is 3.19. The van der Waals surface area contributed by atoms with Crippen molar-refractivity contribution in [2.24, 2.45) is 0 Å². The Morgan fingerprint density at radius 2 is 1.55 bits per heavy atom. The summed E-state index contributed by atoms with van der Waals surface area (Å²) < 4.78 is 41.8. The predicted molar refractivity (Wildman–Crippen MR) is 124 cm³/mol. The summed E-state index contributed by atoms with van der Waals surface area (Å²) in [5.74, 6) is -0.361. The number of para-hydroxylation sites is 2. The van der Waals surface area contributed by atoms with Crippen molar-refractivity contribution in [3.8, 4) is 0 Å². The molecule has 0 aliphatic carbocycles. The van der Waals surface area contributed by atoms with Gasteiger partial charge < -0.3 is 15.1 Å². The van der Waals surface area contributed by atoms with Crippen LogP contribution in [0.4, 0.5) is 15.8 Å². The number of piperazine rings is 1. The van der Waals surface area contributed by atoms with Gasteiger partial charge in [0.25, 0.3) is 5.91 Å². The molecular weight excluding hydrogens is 443 g/mol. The highest BCUT2D eigenvalue weighted by Crippen LogP contribution is 2.31. The summed E-state index contributed by atoms with van der Waals surface area (Å²) in [4.78, 5) is 16.9. The zero-order chi connectivity index (χ0) is 23.0. The lowest BCUT2D eigenvalue weighted by molar-refractivity contribution is 0.0746. The molecule has 1 saturated heterocycles. The van der Waals surface area contributed by atoms with Gasteiger partial charge in [0.1, 0.15) is 16.9 Å². The van der Waals surface area contributed by atoms with Crippen molar-refractivity contribution < 1.29 is 17.6 Å². The highest BCUT2D eigenvalue weighted by Gasteiger charge is 2.30. The molecule has 2 heterocycles. The molecule has 0 spiro atoms. The number of rotatable bonds is 3. The molecule has 1 atom stereocenters. The van der Waals surface area contributed by atoms with Crippen LogP contribution in [0.15, 0.2) is 77.7 Å². The largest absolute Gasteiger partial charge is 0.366 e. The van der Waals surface area contributed by atoms with Crippen LogP contribution in [0, 0.1) is 5.82 Å². The third-order valence-corrected chi connectivity index (χ3v) is 7.48. The average molecular weight is 467 g/mol. The number of halogens is 1. The third kappa shape index (κ3) is 4.17. The normalized spacial score (nSPS) is 19.5. The summed E-state index contributed by atoms with van der Waals surface area (Å²) in [7, 11) is -3.63. The maximum Gasteiger partial charge on any atom is 0.253 e. The first kappa shape index (κ1) is 21.4. The Labute approximate surface area is 191 Å². The standard InChI is InChI=1S/C24H23FN4O3S/c25-19-5-1-3-7-21(19)28-13-15-29(16-14-28)24(30)18-11-9-17(10-12-18)23-26-20-6-2-4-8-22(20)33(31,32)27-23/h1-12,23,26-27H,13-16H2/t23-/m1/s1. The Morgan fingerprint density at radius 3 is 2.27 bits per heavy atom. The van der Waals surface area contributed by atoms with Gasteiger partial charge in [-0.05, 0) is 42.0 Å². The monoisotopic (exact) mass is 466 g/mol. The molecule has 9 heteroatoms. The van der Waals surface area contributed by atoms with E-state index >= 15 is 0 Å². The van der Waals surface area contributed by atoms with E-state index in [1.54, 1.807) is 71.6 Å². The maximum absolute atomic E-state index is 14.0. The summed E-state index contributed by atoms with van der Waals surface area (Å²) in [6.45, 7) is 2.10. The number of carbonyl (C=O) groups excluding carboxylic acids is 1. The quantitative estimate of drug-likeness (QED) is 0.620. The molecule has 0 unspecified atom stereocenters. The van der Waals surface area contributed by atoms with Crippen LogP contribution < -0.4 is 14.9 Å². The van der Waals surface area contributed by atoms with E-state index in [1.807, 2.05) is 4.90 Å². The molecule has 0 aromatic heterocycles. The number of carbonyl (C=O) groups is 1. The lowest BCUT2D eigenvalue weighted by Gasteiger charge is -2.36. The minimum absolute atomic E-state index is 0.0998. The Morgan fingerprint density at radius 1 is 0.879 bits per heavy atom. The Bertz CT molecular complexity index is 1290. The van der Waals surface area contributed by atoms with Gasteiger partial charge in [-0.25, -0.2) is 12.8 Å². The van der Waals surface area contributed by atoms with Crippen molar-refractivity contribution >= 4 is 27.3 Å². The van der Waals surface area contributed by atoms with Crippen molar-refractivity contribution in [2.75, 3.05) is 36.4 Å². The van der Waals surface area contributed by atoms with Crippen LogP contribution in [0.5, 0.6) is 0 Å². The van der Waals surface area contributed by atoms with Gasteiger partial charge in [0, 0.05) is 31.7 Å². The minimum Gasteiger partial charge on any atom is -0.366 e. The number of benzene rings is 3. The molecule has 3 aromatic carbocycles. The highest BCUT2D eigenvalue weighted by atomic mass is 32.2. The van der Waals surface area contributed by atoms with Gasteiger partial charge in [0.2, 0.25) is 10.0 Å². The van der Waals surface area contributed by atoms with Crippen LogP contribution in [0.3, 0.4) is 0 Å². The lowest BCUT2D eigenvalue weighted by atomic mass is 10.1. The minimum atomic E-state index is -3.63. The molecule has 0 radical (unpaired) electrons. The van der Waals surface area contributed by atoms with E-state index in [-0.39, 0.29) is 16.6 Å². The van der Waals surface area contributed by atoms with Crippen LogP contribution in [0.25, 0.3) is 0 Å². The number of fused-ring (bicyclic) bond motifs is 1. The van der Waals surface area contributed by atoms with E-state index < -0.39 is 16.2 Å². The topological polar surface area (TPSA) is 81.7 Å². The molecular formula is C24H23FN4O3S. The lowest BCUT2D eigenvalue weighted by Crippen LogP contribution is -2.49. The van der Waals surface area contributed by atoms with Crippen LogP contribution in [-0.4, -0.2) is 45.4 Å². The Hall–Kier alpha value is -3.43. The first-order valence-electron chi connectivity index (χ1n) is 10.7. The molecule has 1 fully saturated rings. The highest BCUT2D eigenvalue weighted by molar-refractivity contribution is 7.89. The SMILES string of the molecule is O=C(c1ccc([C@@H]2Nc3ccccc3S(=O)(=O)N2)cc1)N1CCN(c2ccccc2F)CC1. The van der Waals surface area contributed by atoms with Crippen molar-refractivity contribution in [2.45, 2.75) is 11.1 Å². The number of sulfonamides is 1. The fraction of sp³-hybridized carbons (Fsp3) is 0.208.